The molecule has 0 atom stereocenters. The van der Waals surface area contributed by atoms with Crippen LogP contribution in [0, 0.1) is 0 Å². The Bertz CT molecular complexity index is 148. The fourth-order valence-electron chi connectivity index (χ4n) is 2.02. The summed E-state index contributed by atoms with van der Waals surface area (Å²) >= 11 is -0.303. The molecule has 0 spiro atoms. The molecule has 0 radical (unpaired) electrons. The Morgan fingerprint density at radius 1 is 0.667 bits per heavy atom. The van der Waals surface area contributed by atoms with Crippen LogP contribution in [-0.2, 0) is 23.1 Å². The van der Waals surface area contributed by atoms with Crippen LogP contribution in [0.5, 0.6) is 0 Å². The van der Waals surface area contributed by atoms with E-state index >= 15 is 0 Å². The van der Waals surface area contributed by atoms with Crippen LogP contribution in [0.2, 0.25) is 0 Å². The fraction of sp³-hybridized carbons (Fsp3) is 1.00. The minimum atomic E-state index is -0.303. The number of halogens is 2. The Labute approximate surface area is 155 Å². The quantitative estimate of drug-likeness (QED) is 0.255. The molecule has 21 heavy (non-hydrogen) atoms. The van der Waals surface area contributed by atoms with Crippen molar-refractivity contribution < 1.29 is 23.1 Å². The summed E-state index contributed by atoms with van der Waals surface area (Å²) in [5, 5.41) is 0. The third-order valence-corrected chi connectivity index (χ3v) is 4.98. The maximum Gasteiger partial charge on any atom is -0.147 e. The molecule has 0 unspecified atom stereocenters. The molecule has 0 fully saturated rings. The maximum absolute atomic E-state index is 5.90. The first-order chi connectivity index (χ1) is 9.35. The Kier molecular flexibility index (Phi) is 30.3. The topological polar surface area (TPSA) is 12.5 Å². The molecule has 0 aliphatic carbocycles. The van der Waals surface area contributed by atoms with Crippen molar-refractivity contribution in [2.24, 2.45) is 0 Å². The molecular weight excluding hydrogens is 341 g/mol. The van der Waals surface area contributed by atoms with Crippen LogP contribution in [0.15, 0.2) is 0 Å². The molecule has 5 heteroatoms. The minimum absolute atomic E-state index is 0. The number of rotatable bonds is 15. The third kappa shape index (κ3) is 21.2. The largest absolute Gasteiger partial charge is 0.147 e. The van der Waals surface area contributed by atoms with Gasteiger partial charge in [-0.05, 0) is 0 Å². The van der Waals surface area contributed by atoms with Gasteiger partial charge in [0.15, 0.2) is 0 Å². The Hall–Kier alpha value is 1.21. The van der Waals surface area contributed by atoms with Gasteiger partial charge in [-0.1, -0.05) is 0 Å². The summed E-state index contributed by atoms with van der Waals surface area (Å²) in [5.74, 6) is 0. The van der Waals surface area contributed by atoms with E-state index in [0.717, 1.165) is 6.61 Å². The molecule has 2 nitrogen and oxygen atoms in total. The van der Waals surface area contributed by atoms with E-state index in [1.807, 2.05) is 0 Å². The molecule has 0 saturated heterocycles. The van der Waals surface area contributed by atoms with Gasteiger partial charge < -0.3 is 0 Å². The predicted octanol–water partition coefficient (Wildman–Crippen LogP) is 6.02. The third-order valence-electron chi connectivity index (χ3n) is 3.36. The van der Waals surface area contributed by atoms with Crippen molar-refractivity contribution in [3.05, 3.63) is 0 Å². The second-order valence-electron chi connectivity index (χ2n) is 5.40. The van der Waals surface area contributed by atoms with Crippen molar-refractivity contribution in [1.82, 2.24) is 3.38 Å². The van der Waals surface area contributed by atoms with E-state index in [1.54, 1.807) is 0 Å². The SMILES string of the molecule is CCCCCC[N](CCCCCC)[Ti][O]CCCC.Cl.Cl. The fourth-order valence-corrected chi connectivity index (χ4v) is 3.45. The molecular formula is C16H37Cl2NOTi. The molecule has 0 aromatic rings. The molecule has 0 aromatic carbocycles. The zero-order valence-electron chi connectivity index (χ0n) is 14.4. The summed E-state index contributed by atoms with van der Waals surface area (Å²) < 4.78 is 8.54. The van der Waals surface area contributed by atoms with Gasteiger partial charge in [-0.25, -0.2) is 0 Å². The Morgan fingerprint density at radius 2 is 1.14 bits per heavy atom. The van der Waals surface area contributed by atoms with Crippen molar-refractivity contribution in [1.29, 1.82) is 0 Å². The average molecular weight is 378 g/mol. The molecule has 0 amide bonds. The summed E-state index contributed by atoms with van der Waals surface area (Å²) in [7, 11) is 0. The molecule has 0 N–H and O–H groups in total. The number of nitrogens with zero attached hydrogens (tertiary/aromatic N) is 1. The standard InChI is InChI=1S/C12H26N.C4H9O.2ClH.Ti/c1-3-5-7-9-11-13-12-10-8-6-4-2;1-2-3-4-5;;;/h3-12H2,1-2H3;2-4H2,1H3;2*1H;/q2*-1;;;+2. The summed E-state index contributed by atoms with van der Waals surface area (Å²) in [6.45, 7) is 10.3. The van der Waals surface area contributed by atoms with Crippen LogP contribution in [0.25, 0.3) is 0 Å². The molecule has 0 aliphatic heterocycles. The van der Waals surface area contributed by atoms with E-state index < -0.39 is 0 Å². The average Bonchev–Trinajstić information content (AvgIpc) is 2.43. The molecule has 0 rings (SSSR count). The van der Waals surface area contributed by atoms with Gasteiger partial charge in [0.25, 0.3) is 0 Å². The molecule has 0 saturated carbocycles. The summed E-state index contributed by atoms with van der Waals surface area (Å²) in [6.07, 6.45) is 13.4. The summed E-state index contributed by atoms with van der Waals surface area (Å²) in [4.78, 5) is 0. The molecule has 0 aromatic heterocycles. The van der Waals surface area contributed by atoms with Crippen molar-refractivity contribution in [3.8, 4) is 0 Å². The second kappa shape index (κ2) is 23.5. The van der Waals surface area contributed by atoms with Gasteiger partial charge in [0, 0.05) is 0 Å². The number of unbranched alkanes of at least 4 members (excludes halogenated alkanes) is 7. The van der Waals surface area contributed by atoms with Crippen LogP contribution in [-0.4, -0.2) is 23.1 Å². The molecule has 0 aliphatic rings. The minimum Gasteiger partial charge on any atom is -0.147 e. The van der Waals surface area contributed by atoms with Crippen molar-refractivity contribution in [2.75, 3.05) is 19.7 Å². The first kappa shape index (κ1) is 27.1. The zero-order chi connectivity index (χ0) is 14.2. The van der Waals surface area contributed by atoms with Gasteiger partial charge in [0.05, 0.1) is 0 Å². The van der Waals surface area contributed by atoms with Crippen molar-refractivity contribution in [2.45, 2.75) is 85.0 Å². The smallest absolute Gasteiger partial charge is 0.147 e. The van der Waals surface area contributed by atoms with E-state index in [9.17, 15) is 0 Å². The Morgan fingerprint density at radius 3 is 1.57 bits per heavy atom. The monoisotopic (exact) mass is 377 g/mol. The zero-order valence-corrected chi connectivity index (χ0v) is 17.6. The van der Waals surface area contributed by atoms with Crippen LogP contribution in [0.3, 0.4) is 0 Å². The van der Waals surface area contributed by atoms with E-state index in [2.05, 4.69) is 24.2 Å². The van der Waals surface area contributed by atoms with Gasteiger partial charge in [-0.2, -0.15) is 0 Å². The van der Waals surface area contributed by atoms with Crippen LogP contribution in [0.1, 0.15) is 85.0 Å². The maximum atomic E-state index is 5.90. The molecule has 130 valence electrons. The van der Waals surface area contributed by atoms with Gasteiger partial charge in [-0.15, -0.1) is 24.8 Å². The summed E-state index contributed by atoms with van der Waals surface area (Å²) in [6, 6.07) is 0. The van der Waals surface area contributed by atoms with Crippen LogP contribution < -0.4 is 0 Å². The van der Waals surface area contributed by atoms with Crippen molar-refractivity contribution >= 4 is 24.8 Å². The van der Waals surface area contributed by atoms with Crippen LogP contribution >= 0.6 is 24.8 Å². The van der Waals surface area contributed by atoms with E-state index in [1.165, 1.54) is 77.3 Å². The predicted molar refractivity (Wildman–Crippen MR) is 95.2 cm³/mol. The van der Waals surface area contributed by atoms with Gasteiger partial charge in [0.1, 0.15) is 0 Å². The second-order valence-corrected chi connectivity index (χ2v) is 7.13. The van der Waals surface area contributed by atoms with Gasteiger partial charge >= 0.3 is 131 Å². The number of hydrogen-bond donors (Lipinski definition) is 0. The molecule has 0 bridgehead atoms. The normalized spacial score (nSPS) is 10.1. The van der Waals surface area contributed by atoms with Gasteiger partial charge in [0.2, 0.25) is 0 Å². The van der Waals surface area contributed by atoms with Crippen molar-refractivity contribution in [3.63, 3.8) is 0 Å². The first-order valence-corrected chi connectivity index (χ1v) is 9.81. The van der Waals surface area contributed by atoms with E-state index in [-0.39, 0.29) is 44.6 Å². The van der Waals surface area contributed by atoms with E-state index in [4.69, 9.17) is 3.32 Å². The Balaban J connectivity index is -0.00000162. The first-order valence-electron chi connectivity index (χ1n) is 8.47. The van der Waals surface area contributed by atoms with E-state index in [0.29, 0.717) is 0 Å². The van der Waals surface area contributed by atoms with Crippen LogP contribution in [0.4, 0.5) is 0 Å². The molecule has 0 heterocycles. The number of hydrogen-bond acceptors (Lipinski definition) is 2. The van der Waals surface area contributed by atoms with Gasteiger partial charge in [-0.3, -0.25) is 0 Å². The summed E-state index contributed by atoms with van der Waals surface area (Å²) in [5.41, 5.74) is 0.